The summed E-state index contributed by atoms with van der Waals surface area (Å²) in [6.07, 6.45) is 3.77. The van der Waals surface area contributed by atoms with E-state index in [1.165, 1.54) is 10.9 Å². The van der Waals surface area contributed by atoms with Crippen molar-refractivity contribution in [3.63, 3.8) is 0 Å². The van der Waals surface area contributed by atoms with Crippen LogP contribution in [0.5, 0.6) is 0 Å². The molecule has 0 spiro atoms. The Morgan fingerprint density at radius 1 is 0.897 bits per heavy atom. The third kappa shape index (κ3) is 4.48. The summed E-state index contributed by atoms with van der Waals surface area (Å²) < 4.78 is 0. The summed E-state index contributed by atoms with van der Waals surface area (Å²) in [7, 11) is 0. The Hall–Kier alpha value is -3.54. The van der Waals surface area contributed by atoms with Crippen molar-refractivity contribution in [3.05, 3.63) is 72.1 Å². The van der Waals surface area contributed by atoms with Gasteiger partial charge >= 0.3 is 0 Å². The summed E-state index contributed by atoms with van der Waals surface area (Å²) in [4.78, 5) is 30.6. The molecule has 29 heavy (non-hydrogen) atoms. The molecule has 0 radical (unpaired) electrons. The first kappa shape index (κ1) is 18.8. The Balaban J connectivity index is 1.16. The molecule has 0 saturated carbocycles. The fraction of sp³-hybridized carbons (Fsp3) is 0.217. The molecule has 4 aromatic rings. The minimum Gasteiger partial charge on any atom is -0.361 e. The van der Waals surface area contributed by atoms with E-state index in [4.69, 9.17) is 0 Å². The fourth-order valence-corrected chi connectivity index (χ4v) is 3.51. The van der Waals surface area contributed by atoms with Crippen LogP contribution in [0.15, 0.2) is 60.8 Å². The molecule has 148 valence electrons. The van der Waals surface area contributed by atoms with Gasteiger partial charge in [0.25, 0.3) is 5.91 Å². The molecule has 4 rings (SSSR count). The molecule has 0 aliphatic rings. The average Bonchev–Trinajstić information content (AvgIpc) is 3.35. The summed E-state index contributed by atoms with van der Waals surface area (Å²) in [6.45, 7) is 1.06. The predicted molar refractivity (Wildman–Crippen MR) is 115 cm³/mol. The zero-order chi connectivity index (χ0) is 20.1. The van der Waals surface area contributed by atoms with Crippen molar-refractivity contribution in [2.75, 3.05) is 13.1 Å². The average molecular weight is 388 g/mol. The lowest BCUT2D eigenvalue weighted by Gasteiger charge is -2.06. The summed E-state index contributed by atoms with van der Waals surface area (Å²) in [6, 6.07) is 17.7. The van der Waals surface area contributed by atoms with Crippen molar-refractivity contribution < 1.29 is 9.59 Å². The number of benzene rings is 2. The van der Waals surface area contributed by atoms with Crippen LogP contribution < -0.4 is 10.6 Å². The Morgan fingerprint density at radius 3 is 2.55 bits per heavy atom. The van der Waals surface area contributed by atoms with Crippen molar-refractivity contribution in [2.24, 2.45) is 0 Å². The van der Waals surface area contributed by atoms with Gasteiger partial charge in [-0.2, -0.15) is 0 Å². The number of hydrogen-bond donors (Lipinski definition) is 4. The molecule has 2 aromatic carbocycles. The van der Waals surface area contributed by atoms with Gasteiger partial charge in [-0.15, -0.1) is 0 Å². The van der Waals surface area contributed by atoms with Gasteiger partial charge in [-0.25, -0.2) is 0 Å². The Labute approximate surface area is 168 Å². The zero-order valence-corrected chi connectivity index (χ0v) is 16.1. The van der Waals surface area contributed by atoms with E-state index in [1.807, 2.05) is 54.7 Å². The normalized spacial score (nSPS) is 11.0. The van der Waals surface area contributed by atoms with Crippen LogP contribution in [-0.4, -0.2) is 34.9 Å². The second kappa shape index (κ2) is 8.65. The lowest BCUT2D eigenvalue weighted by atomic mass is 10.1. The van der Waals surface area contributed by atoms with Crippen LogP contribution in [0.25, 0.3) is 21.8 Å². The Bertz CT molecular complexity index is 1110. The molecule has 0 unspecified atom stereocenters. The van der Waals surface area contributed by atoms with E-state index in [9.17, 15) is 9.59 Å². The number of carbonyl (C=O) groups is 2. The maximum Gasteiger partial charge on any atom is 0.267 e. The van der Waals surface area contributed by atoms with Crippen molar-refractivity contribution in [2.45, 2.75) is 19.3 Å². The second-order valence-electron chi connectivity index (χ2n) is 7.09. The number of amides is 2. The second-order valence-corrected chi connectivity index (χ2v) is 7.09. The van der Waals surface area contributed by atoms with Gasteiger partial charge in [0.15, 0.2) is 0 Å². The van der Waals surface area contributed by atoms with E-state index in [2.05, 4.69) is 26.7 Å². The molecule has 2 amide bonds. The van der Waals surface area contributed by atoms with Crippen LogP contribution >= 0.6 is 0 Å². The molecule has 2 heterocycles. The third-order valence-electron chi connectivity index (χ3n) is 5.03. The Kier molecular flexibility index (Phi) is 5.61. The molecule has 6 nitrogen and oxygen atoms in total. The van der Waals surface area contributed by atoms with Gasteiger partial charge in [0.05, 0.1) is 0 Å². The molecule has 0 atom stereocenters. The summed E-state index contributed by atoms with van der Waals surface area (Å²) in [5.74, 6) is -0.148. The van der Waals surface area contributed by atoms with Crippen molar-refractivity contribution in [3.8, 4) is 0 Å². The number of nitrogens with one attached hydrogen (secondary N) is 4. The number of rotatable bonds is 8. The van der Waals surface area contributed by atoms with E-state index in [1.54, 1.807) is 0 Å². The first-order valence-electron chi connectivity index (χ1n) is 9.88. The number of fused-ring (bicyclic) bond motifs is 2. The molecular weight excluding hydrogens is 364 g/mol. The summed E-state index contributed by atoms with van der Waals surface area (Å²) >= 11 is 0. The van der Waals surface area contributed by atoms with Crippen molar-refractivity contribution >= 4 is 33.6 Å². The van der Waals surface area contributed by atoms with Gasteiger partial charge in [-0.1, -0.05) is 36.4 Å². The molecule has 2 aromatic heterocycles. The smallest absolute Gasteiger partial charge is 0.267 e. The molecule has 6 heteroatoms. The molecule has 0 aliphatic heterocycles. The first-order chi connectivity index (χ1) is 14.2. The highest BCUT2D eigenvalue weighted by atomic mass is 16.2. The topological polar surface area (TPSA) is 89.8 Å². The number of aromatic amines is 2. The van der Waals surface area contributed by atoms with E-state index in [0.29, 0.717) is 31.6 Å². The van der Waals surface area contributed by atoms with Gasteiger partial charge < -0.3 is 20.6 Å². The molecule has 0 aliphatic carbocycles. The minimum absolute atomic E-state index is 0.00435. The SMILES string of the molecule is O=C(CCCNC(=O)c1cc2ccccc2[nH]1)NCCc1c[nH]c2ccccc12. The van der Waals surface area contributed by atoms with Crippen LogP contribution in [0.3, 0.4) is 0 Å². The number of hydrogen-bond acceptors (Lipinski definition) is 2. The van der Waals surface area contributed by atoms with Crippen LogP contribution in [-0.2, 0) is 11.2 Å². The van der Waals surface area contributed by atoms with Gasteiger partial charge in [0.2, 0.25) is 5.91 Å². The molecular formula is C23H24N4O2. The van der Waals surface area contributed by atoms with Gasteiger partial charge in [0.1, 0.15) is 5.69 Å². The molecule has 0 fully saturated rings. The largest absolute Gasteiger partial charge is 0.361 e. The first-order valence-corrected chi connectivity index (χ1v) is 9.88. The molecule has 0 bridgehead atoms. The van der Waals surface area contributed by atoms with Crippen LogP contribution in [0.4, 0.5) is 0 Å². The van der Waals surface area contributed by atoms with Crippen LogP contribution in [0.1, 0.15) is 28.9 Å². The van der Waals surface area contributed by atoms with E-state index in [-0.39, 0.29) is 11.8 Å². The van der Waals surface area contributed by atoms with Gasteiger partial charge in [-0.05, 0) is 36.6 Å². The quantitative estimate of drug-likeness (QED) is 0.348. The fourth-order valence-electron chi connectivity index (χ4n) is 3.51. The molecule has 0 saturated heterocycles. The van der Waals surface area contributed by atoms with Crippen molar-refractivity contribution in [1.29, 1.82) is 0 Å². The highest BCUT2D eigenvalue weighted by Gasteiger charge is 2.09. The minimum atomic E-state index is -0.152. The highest BCUT2D eigenvalue weighted by molar-refractivity contribution is 5.98. The number of carbonyl (C=O) groups excluding carboxylic acids is 2. The standard InChI is InChI=1S/C23H24N4O2/c28-22(24-13-11-17-15-26-20-9-4-2-7-18(17)20)10-5-12-25-23(29)21-14-16-6-1-3-8-19(16)27-21/h1-4,6-9,14-15,26-27H,5,10-13H2,(H,24,28)(H,25,29). The van der Waals surface area contributed by atoms with Crippen molar-refractivity contribution in [1.82, 2.24) is 20.6 Å². The lowest BCUT2D eigenvalue weighted by molar-refractivity contribution is -0.121. The summed E-state index contributed by atoms with van der Waals surface area (Å²) in [5, 5.41) is 8.01. The van der Waals surface area contributed by atoms with Gasteiger partial charge in [-0.3, -0.25) is 9.59 Å². The highest BCUT2D eigenvalue weighted by Crippen LogP contribution is 2.17. The predicted octanol–water partition coefficient (Wildman–Crippen LogP) is 3.52. The maximum atomic E-state index is 12.2. The molecule has 4 N–H and O–H groups in total. The number of para-hydroxylation sites is 2. The third-order valence-corrected chi connectivity index (χ3v) is 5.03. The maximum absolute atomic E-state index is 12.2. The number of H-pyrrole nitrogens is 2. The van der Waals surface area contributed by atoms with Crippen LogP contribution in [0.2, 0.25) is 0 Å². The summed E-state index contributed by atoms with van der Waals surface area (Å²) in [5.41, 5.74) is 3.78. The zero-order valence-electron chi connectivity index (χ0n) is 16.1. The number of aromatic nitrogens is 2. The van der Waals surface area contributed by atoms with Crippen LogP contribution in [0, 0.1) is 0 Å². The lowest BCUT2D eigenvalue weighted by Crippen LogP contribution is -2.28. The van der Waals surface area contributed by atoms with E-state index < -0.39 is 0 Å². The van der Waals surface area contributed by atoms with E-state index >= 15 is 0 Å². The van der Waals surface area contributed by atoms with Gasteiger partial charge in [0, 0.05) is 47.5 Å². The van der Waals surface area contributed by atoms with E-state index in [0.717, 1.165) is 22.8 Å². The Morgan fingerprint density at radius 2 is 1.69 bits per heavy atom. The monoisotopic (exact) mass is 388 g/mol.